The summed E-state index contributed by atoms with van der Waals surface area (Å²) in [5.41, 5.74) is -0.868. The summed E-state index contributed by atoms with van der Waals surface area (Å²) in [5.74, 6) is -0.308. The normalized spacial score (nSPS) is 22.8. The standard InChI is InChI=1S/C27H37F2N5O3S/c1-16-13-20(32-19-7-5-6-10-27(19,4)29)30-14-18(16)22-21(25(36)34-11-8-17(28)9-12-34)33-24(38-22)23(35)31-15-26(2,3)37/h13-14,17,19,37H,5-12,15H2,1-4H3,(H,30,32)(H,31,35). The molecule has 3 N–H and O–H groups in total. The first kappa shape index (κ1) is 28.4. The summed E-state index contributed by atoms with van der Waals surface area (Å²) in [4.78, 5) is 37.3. The number of likely N-dealkylation sites (tertiary alicyclic amines) is 1. The molecule has 1 aliphatic heterocycles. The van der Waals surface area contributed by atoms with E-state index in [2.05, 4.69) is 20.6 Å². The molecule has 38 heavy (non-hydrogen) atoms. The van der Waals surface area contributed by atoms with E-state index in [0.717, 1.165) is 36.2 Å². The zero-order chi connectivity index (χ0) is 27.7. The van der Waals surface area contributed by atoms with Gasteiger partial charge in [0.1, 0.15) is 23.4 Å². The number of halogens is 2. The van der Waals surface area contributed by atoms with Gasteiger partial charge in [0.05, 0.1) is 16.5 Å². The van der Waals surface area contributed by atoms with Crippen molar-refractivity contribution < 1.29 is 23.5 Å². The lowest BCUT2D eigenvalue weighted by Gasteiger charge is -2.35. The highest BCUT2D eigenvalue weighted by Crippen LogP contribution is 2.36. The fourth-order valence-electron chi connectivity index (χ4n) is 4.89. The van der Waals surface area contributed by atoms with Crippen molar-refractivity contribution in [1.29, 1.82) is 0 Å². The second kappa shape index (κ2) is 11.2. The Bertz CT molecular complexity index is 1170. The largest absolute Gasteiger partial charge is 0.389 e. The lowest BCUT2D eigenvalue weighted by Crippen LogP contribution is -2.43. The minimum Gasteiger partial charge on any atom is -0.389 e. The minimum absolute atomic E-state index is 0.0175. The van der Waals surface area contributed by atoms with Gasteiger partial charge in [0.15, 0.2) is 5.01 Å². The molecule has 2 aliphatic rings. The minimum atomic E-state index is -1.32. The molecule has 1 saturated carbocycles. The number of hydrogen-bond donors (Lipinski definition) is 3. The molecule has 2 amide bonds. The predicted molar refractivity (Wildman–Crippen MR) is 144 cm³/mol. The van der Waals surface area contributed by atoms with Crippen LogP contribution < -0.4 is 10.6 Å². The molecule has 2 aromatic heterocycles. The van der Waals surface area contributed by atoms with Crippen LogP contribution in [0.3, 0.4) is 0 Å². The van der Waals surface area contributed by atoms with Crippen molar-refractivity contribution in [3.63, 3.8) is 0 Å². The monoisotopic (exact) mass is 549 g/mol. The van der Waals surface area contributed by atoms with Crippen molar-refractivity contribution >= 4 is 29.0 Å². The number of aryl methyl sites for hydroxylation is 1. The van der Waals surface area contributed by atoms with Crippen LogP contribution in [0.4, 0.5) is 14.6 Å². The number of aliphatic hydroxyl groups is 1. The van der Waals surface area contributed by atoms with Crippen LogP contribution in [0.1, 0.15) is 85.2 Å². The Morgan fingerprint density at radius 1 is 1.26 bits per heavy atom. The Morgan fingerprint density at radius 2 is 1.97 bits per heavy atom. The van der Waals surface area contributed by atoms with Crippen molar-refractivity contribution in [2.75, 3.05) is 25.0 Å². The number of carbonyl (C=O) groups excluding carboxylic acids is 2. The van der Waals surface area contributed by atoms with Crippen LogP contribution in [0, 0.1) is 6.92 Å². The zero-order valence-corrected chi connectivity index (χ0v) is 23.3. The van der Waals surface area contributed by atoms with E-state index in [-0.39, 0.29) is 55.1 Å². The average molecular weight is 550 g/mol. The third kappa shape index (κ3) is 6.66. The Labute approximate surface area is 226 Å². The first-order chi connectivity index (χ1) is 17.8. The maximum atomic E-state index is 15.0. The number of aromatic nitrogens is 2. The van der Waals surface area contributed by atoms with Gasteiger partial charge in [-0.05, 0) is 65.0 Å². The Hall–Kier alpha value is -2.66. The molecule has 4 rings (SSSR count). The van der Waals surface area contributed by atoms with E-state index in [9.17, 15) is 19.1 Å². The molecule has 1 aliphatic carbocycles. The zero-order valence-electron chi connectivity index (χ0n) is 22.4. The van der Waals surface area contributed by atoms with Crippen LogP contribution >= 0.6 is 11.3 Å². The van der Waals surface area contributed by atoms with Gasteiger partial charge >= 0.3 is 0 Å². The molecule has 2 fully saturated rings. The van der Waals surface area contributed by atoms with Crippen LogP contribution in [0.5, 0.6) is 0 Å². The van der Waals surface area contributed by atoms with E-state index in [0.29, 0.717) is 22.7 Å². The highest BCUT2D eigenvalue weighted by Gasteiger charge is 2.37. The van der Waals surface area contributed by atoms with Crippen molar-refractivity contribution in [3.8, 4) is 10.4 Å². The number of rotatable bonds is 7. The van der Waals surface area contributed by atoms with E-state index in [1.807, 2.05) is 13.0 Å². The number of thiazole rings is 1. The number of piperidine rings is 1. The maximum absolute atomic E-state index is 15.0. The molecule has 3 heterocycles. The summed E-state index contributed by atoms with van der Waals surface area (Å²) in [7, 11) is 0. The van der Waals surface area contributed by atoms with Gasteiger partial charge in [0, 0.05) is 31.4 Å². The van der Waals surface area contributed by atoms with E-state index in [1.165, 1.54) is 0 Å². The molecule has 0 aromatic carbocycles. The van der Waals surface area contributed by atoms with Gasteiger partial charge in [-0.2, -0.15) is 0 Å². The molecule has 0 spiro atoms. The molecule has 208 valence electrons. The molecule has 2 atom stereocenters. The molecule has 0 bridgehead atoms. The Kier molecular flexibility index (Phi) is 8.37. The van der Waals surface area contributed by atoms with Crippen LogP contribution in [0.15, 0.2) is 12.3 Å². The summed E-state index contributed by atoms with van der Waals surface area (Å²) in [6, 6.07) is 1.48. The maximum Gasteiger partial charge on any atom is 0.280 e. The van der Waals surface area contributed by atoms with Gasteiger partial charge in [-0.1, -0.05) is 12.8 Å². The predicted octanol–water partition coefficient (Wildman–Crippen LogP) is 4.67. The number of nitrogens with zero attached hydrogens (tertiary/aromatic N) is 3. The Balaban J connectivity index is 1.64. The third-order valence-electron chi connectivity index (χ3n) is 7.23. The lowest BCUT2D eigenvalue weighted by molar-refractivity contribution is 0.0660. The van der Waals surface area contributed by atoms with Gasteiger partial charge in [-0.3, -0.25) is 9.59 Å². The van der Waals surface area contributed by atoms with Crippen LogP contribution in [-0.2, 0) is 0 Å². The van der Waals surface area contributed by atoms with E-state index >= 15 is 4.39 Å². The second-order valence-electron chi connectivity index (χ2n) is 11.3. The number of alkyl halides is 2. The van der Waals surface area contributed by atoms with Crippen molar-refractivity contribution in [1.82, 2.24) is 20.2 Å². The lowest BCUT2D eigenvalue weighted by atomic mass is 9.83. The summed E-state index contributed by atoms with van der Waals surface area (Å²) in [6.45, 7) is 7.22. The summed E-state index contributed by atoms with van der Waals surface area (Å²) in [6.07, 6.45) is 4.27. The van der Waals surface area contributed by atoms with Crippen molar-refractivity contribution in [2.24, 2.45) is 0 Å². The second-order valence-corrected chi connectivity index (χ2v) is 12.3. The number of pyridine rings is 1. The summed E-state index contributed by atoms with van der Waals surface area (Å²) >= 11 is 1.07. The smallest absolute Gasteiger partial charge is 0.280 e. The third-order valence-corrected chi connectivity index (χ3v) is 8.32. The number of anilines is 1. The first-order valence-corrected chi connectivity index (χ1v) is 14.0. The van der Waals surface area contributed by atoms with Gasteiger partial charge in [-0.25, -0.2) is 18.7 Å². The molecule has 2 unspecified atom stereocenters. The highest BCUT2D eigenvalue weighted by molar-refractivity contribution is 7.17. The van der Waals surface area contributed by atoms with E-state index < -0.39 is 23.3 Å². The first-order valence-electron chi connectivity index (χ1n) is 13.2. The van der Waals surface area contributed by atoms with E-state index in [4.69, 9.17) is 0 Å². The summed E-state index contributed by atoms with van der Waals surface area (Å²) < 4.78 is 28.7. The molecule has 0 radical (unpaired) electrons. The molecule has 11 heteroatoms. The van der Waals surface area contributed by atoms with Crippen molar-refractivity contribution in [2.45, 2.75) is 89.7 Å². The number of hydrogen-bond acceptors (Lipinski definition) is 7. The van der Waals surface area contributed by atoms with Crippen LogP contribution in [0.25, 0.3) is 10.4 Å². The van der Waals surface area contributed by atoms with E-state index in [1.54, 1.807) is 31.9 Å². The topological polar surface area (TPSA) is 107 Å². The van der Waals surface area contributed by atoms with Gasteiger partial charge in [-0.15, -0.1) is 11.3 Å². The molecule has 1 saturated heterocycles. The number of amides is 2. The molecule has 8 nitrogen and oxygen atoms in total. The SMILES string of the molecule is Cc1cc(NC2CCCCC2(C)F)ncc1-c1sc(C(=O)NCC(C)(C)O)nc1C(=O)N1CCC(F)CC1. The van der Waals surface area contributed by atoms with Gasteiger partial charge < -0.3 is 20.6 Å². The van der Waals surface area contributed by atoms with Gasteiger partial charge in [0.25, 0.3) is 11.8 Å². The highest BCUT2D eigenvalue weighted by atomic mass is 32.1. The average Bonchev–Trinajstić information content (AvgIpc) is 3.29. The van der Waals surface area contributed by atoms with Gasteiger partial charge in [0.2, 0.25) is 0 Å². The molecular formula is C27H37F2N5O3S. The fraction of sp³-hybridized carbons (Fsp3) is 0.630. The molecule has 2 aromatic rings. The van der Waals surface area contributed by atoms with Crippen LogP contribution in [-0.4, -0.2) is 74.9 Å². The summed E-state index contributed by atoms with van der Waals surface area (Å²) in [5, 5.41) is 16.0. The number of nitrogens with one attached hydrogen (secondary N) is 2. The fourth-order valence-corrected chi connectivity index (χ4v) is 5.93. The quantitative estimate of drug-likeness (QED) is 0.463. The van der Waals surface area contributed by atoms with Crippen LogP contribution in [0.2, 0.25) is 0 Å². The Morgan fingerprint density at radius 3 is 2.61 bits per heavy atom. The molecular weight excluding hydrogens is 512 g/mol. The number of carbonyl (C=O) groups is 2. The van der Waals surface area contributed by atoms with Crippen molar-refractivity contribution in [3.05, 3.63) is 28.5 Å².